The van der Waals surface area contributed by atoms with E-state index >= 15 is 0 Å². The molecule has 1 amide bonds. The van der Waals surface area contributed by atoms with E-state index in [1.807, 2.05) is 18.2 Å². The molecular formula is C19H14Cl2FN3O. The Bertz CT molecular complexity index is 969. The van der Waals surface area contributed by atoms with Gasteiger partial charge in [0.05, 0.1) is 6.54 Å². The number of aromatic nitrogens is 2. The Morgan fingerprint density at radius 3 is 2.73 bits per heavy atom. The van der Waals surface area contributed by atoms with Crippen molar-refractivity contribution in [3.63, 3.8) is 0 Å². The summed E-state index contributed by atoms with van der Waals surface area (Å²) in [5.74, 6) is -0.315. The van der Waals surface area contributed by atoms with Crippen LogP contribution in [0.4, 0.5) is 10.2 Å². The molecule has 3 rings (SSSR count). The first kappa shape index (κ1) is 18.2. The van der Waals surface area contributed by atoms with Crippen LogP contribution in [0, 0.1) is 5.82 Å². The summed E-state index contributed by atoms with van der Waals surface area (Å²) in [5, 5.41) is 7.82. The Morgan fingerprint density at radius 2 is 1.96 bits per heavy atom. The summed E-state index contributed by atoms with van der Waals surface area (Å²) in [5.41, 5.74) is 1.48. The summed E-state index contributed by atoms with van der Waals surface area (Å²) in [6.07, 6.45) is 4.72. The van der Waals surface area contributed by atoms with Gasteiger partial charge in [0.25, 0.3) is 0 Å². The van der Waals surface area contributed by atoms with E-state index in [1.165, 1.54) is 18.2 Å². The van der Waals surface area contributed by atoms with Gasteiger partial charge in [-0.05, 0) is 35.4 Å². The summed E-state index contributed by atoms with van der Waals surface area (Å²) in [6.45, 7) is 0.366. The maximum Gasteiger partial charge on any atom is 0.249 e. The monoisotopic (exact) mass is 389 g/mol. The molecule has 2 aromatic carbocycles. The highest BCUT2D eigenvalue weighted by molar-refractivity contribution is 6.32. The molecule has 1 N–H and O–H groups in total. The molecule has 0 aliphatic heterocycles. The van der Waals surface area contributed by atoms with Gasteiger partial charge in [-0.15, -0.1) is 0 Å². The van der Waals surface area contributed by atoms with Crippen LogP contribution in [0.3, 0.4) is 0 Å². The van der Waals surface area contributed by atoms with Gasteiger partial charge >= 0.3 is 0 Å². The SMILES string of the molecule is O=C(/C=C/c1ccccc1Cl)Nc1ccn(Cc2ccc(F)cc2Cl)n1. The van der Waals surface area contributed by atoms with Gasteiger partial charge in [-0.1, -0.05) is 47.5 Å². The molecule has 7 heteroatoms. The fraction of sp³-hybridized carbons (Fsp3) is 0.0526. The van der Waals surface area contributed by atoms with E-state index in [4.69, 9.17) is 23.2 Å². The molecule has 0 spiro atoms. The zero-order chi connectivity index (χ0) is 18.5. The third-order valence-electron chi connectivity index (χ3n) is 3.56. The van der Waals surface area contributed by atoms with Crippen LogP contribution in [0.5, 0.6) is 0 Å². The van der Waals surface area contributed by atoms with E-state index in [9.17, 15) is 9.18 Å². The van der Waals surface area contributed by atoms with Crippen molar-refractivity contribution in [2.24, 2.45) is 0 Å². The molecular weight excluding hydrogens is 376 g/mol. The van der Waals surface area contributed by atoms with Crippen LogP contribution in [0.15, 0.2) is 60.8 Å². The van der Waals surface area contributed by atoms with Gasteiger partial charge in [-0.3, -0.25) is 9.48 Å². The van der Waals surface area contributed by atoms with Gasteiger partial charge in [-0.2, -0.15) is 5.10 Å². The highest BCUT2D eigenvalue weighted by atomic mass is 35.5. The molecule has 3 aromatic rings. The number of carbonyl (C=O) groups excluding carboxylic acids is 1. The lowest BCUT2D eigenvalue weighted by Crippen LogP contribution is -2.09. The lowest BCUT2D eigenvalue weighted by atomic mass is 10.2. The normalized spacial score (nSPS) is 11.0. The smallest absolute Gasteiger partial charge is 0.249 e. The lowest BCUT2D eigenvalue weighted by Gasteiger charge is -2.04. The molecule has 0 aliphatic rings. The Balaban J connectivity index is 1.63. The molecule has 0 aliphatic carbocycles. The van der Waals surface area contributed by atoms with Crippen LogP contribution in [-0.2, 0) is 11.3 Å². The van der Waals surface area contributed by atoms with Crippen molar-refractivity contribution in [2.75, 3.05) is 5.32 Å². The zero-order valence-electron chi connectivity index (χ0n) is 13.5. The summed E-state index contributed by atoms with van der Waals surface area (Å²) in [6, 6.07) is 13.1. The van der Waals surface area contributed by atoms with Crippen molar-refractivity contribution in [3.05, 3.63) is 87.8 Å². The van der Waals surface area contributed by atoms with E-state index in [-0.39, 0.29) is 5.91 Å². The van der Waals surface area contributed by atoms with Crippen LogP contribution in [-0.4, -0.2) is 15.7 Å². The van der Waals surface area contributed by atoms with Crippen LogP contribution in [0.25, 0.3) is 6.08 Å². The average Bonchev–Trinajstić information content (AvgIpc) is 3.04. The number of amides is 1. The largest absolute Gasteiger partial charge is 0.306 e. The second-order valence-electron chi connectivity index (χ2n) is 5.48. The Morgan fingerprint density at radius 1 is 1.15 bits per heavy atom. The van der Waals surface area contributed by atoms with Crippen molar-refractivity contribution < 1.29 is 9.18 Å². The zero-order valence-corrected chi connectivity index (χ0v) is 15.0. The summed E-state index contributed by atoms with van der Waals surface area (Å²) in [4.78, 5) is 12.0. The molecule has 0 unspecified atom stereocenters. The lowest BCUT2D eigenvalue weighted by molar-refractivity contribution is -0.111. The topological polar surface area (TPSA) is 46.9 Å². The number of carbonyl (C=O) groups is 1. The van der Waals surface area contributed by atoms with E-state index in [1.54, 1.807) is 35.2 Å². The highest BCUT2D eigenvalue weighted by Crippen LogP contribution is 2.19. The van der Waals surface area contributed by atoms with Gasteiger partial charge in [-0.25, -0.2) is 4.39 Å². The number of halogens is 3. The summed E-state index contributed by atoms with van der Waals surface area (Å²) < 4.78 is 14.7. The van der Waals surface area contributed by atoms with Crippen molar-refractivity contribution in [2.45, 2.75) is 6.54 Å². The minimum Gasteiger partial charge on any atom is -0.306 e. The molecule has 0 saturated carbocycles. The first-order valence-corrected chi connectivity index (χ1v) is 8.48. The predicted octanol–water partition coefficient (Wildman–Crippen LogP) is 5.03. The maximum absolute atomic E-state index is 13.1. The minimum atomic E-state index is -0.391. The first-order valence-electron chi connectivity index (χ1n) is 7.72. The van der Waals surface area contributed by atoms with Gasteiger partial charge in [0.2, 0.25) is 5.91 Å². The fourth-order valence-electron chi connectivity index (χ4n) is 2.28. The van der Waals surface area contributed by atoms with Crippen LogP contribution < -0.4 is 5.32 Å². The van der Waals surface area contributed by atoms with E-state index in [0.717, 1.165) is 11.1 Å². The molecule has 1 heterocycles. The molecule has 0 saturated heterocycles. The second kappa shape index (κ2) is 8.17. The minimum absolute atomic E-state index is 0.324. The number of rotatable bonds is 5. The number of nitrogens with one attached hydrogen (secondary N) is 1. The van der Waals surface area contributed by atoms with Crippen molar-refractivity contribution in [1.82, 2.24) is 9.78 Å². The number of anilines is 1. The van der Waals surface area contributed by atoms with E-state index in [0.29, 0.717) is 22.4 Å². The fourth-order valence-corrected chi connectivity index (χ4v) is 2.71. The van der Waals surface area contributed by atoms with Gasteiger partial charge in [0, 0.05) is 28.4 Å². The third-order valence-corrected chi connectivity index (χ3v) is 4.25. The maximum atomic E-state index is 13.1. The first-order chi connectivity index (χ1) is 12.5. The molecule has 0 radical (unpaired) electrons. The summed E-state index contributed by atoms with van der Waals surface area (Å²) in [7, 11) is 0. The predicted molar refractivity (Wildman–Crippen MR) is 102 cm³/mol. The molecule has 0 bridgehead atoms. The van der Waals surface area contributed by atoms with Gasteiger partial charge < -0.3 is 5.32 Å². The van der Waals surface area contributed by atoms with Crippen LogP contribution in [0.1, 0.15) is 11.1 Å². The Labute approximate surface area is 159 Å². The number of benzene rings is 2. The van der Waals surface area contributed by atoms with Crippen LogP contribution in [0.2, 0.25) is 10.0 Å². The number of nitrogens with zero attached hydrogens (tertiary/aromatic N) is 2. The van der Waals surface area contributed by atoms with Crippen molar-refractivity contribution in [1.29, 1.82) is 0 Å². The van der Waals surface area contributed by atoms with E-state index < -0.39 is 5.82 Å². The molecule has 0 atom stereocenters. The van der Waals surface area contributed by atoms with Crippen LogP contribution >= 0.6 is 23.2 Å². The van der Waals surface area contributed by atoms with Crippen molar-refractivity contribution >= 4 is 41.0 Å². The molecule has 4 nitrogen and oxygen atoms in total. The van der Waals surface area contributed by atoms with Gasteiger partial charge in [0.1, 0.15) is 5.82 Å². The third kappa shape index (κ3) is 4.71. The highest BCUT2D eigenvalue weighted by Gasteiger charge is 2.06. The number of hydrogen-bond acceptors (Lipinski definition) is 2. The molecule has 0 fully saturated rings. The molecule has 1 aromatic heterocycles. The standard InChI is InChI=1S/C19H14Cl2FN3O/c20-16-4-2-1-3-13(16)6-8-19(26)23-18-9-10-25(24-18)12-14-5-7-15(22)11-17(14)21/h1-11H,12H2,(H,23,24,26)/b8-6+. The average molecular weight is 390 g/mol. The quantitative estimate of drug-likeness (QED) is 0.622. The molecule has 132 valence electrons. The van der Waals surface area contributed by atoms with Crippen molar-refractivity contribution in [3.8, 4) is 0 Å². The number of hydrogen-bond donors (Lipinski definition) is 1. The summed E-state index contributed by atoms with van der Waals surface area (Å²) >= 11 is 12.0. The van der Waals surface area contributed by atoms with Gasteiger partial charge in [0.15, 0.2) is 5.82 Å². The Kier molecular flexibility index (Phi) is 5.71. The molecule has 26 heavy (non-hydrogen) atoms. The second-order valence-corrected chi connectivity index (χ2v) is 6.29. The Hall–Kier alpha value is -2.63. The van der Waals surface area contributed by atoms with E-state index in [2.05, 4.69) is 10.4 Å².